The molecule has 0 amide bonds. The van der Waals surface area contributed by atoms with Gasteiger partial charge in [0.05, 0.1) is 6.20 Å². The maximum absolute atomic E-state index is 12.2. The molecular formula is C5HF2N3. The molecule has 0 saturated heterocycles. The molecule has 1 aromatic rings. The zero-order valence-corrected chi connectivity index (χ0v) is 4.67. The number of nitriles is 1. The van der Waals surface area contributed by atoms with Crippen molar-refractivity contribution in [3.05, 3.63) is 23.8 Å². The van der Waals surface area contributed by atoms with Crippen molar-refractivity contribution in [2.45, 2.75) is 0 Å². The molecule has 0 aromatic carbocycles. The molecule has 0 radical (unpaired) electrons. The number of hydrogen-bond acceptors (Lipinski definition) is 3. The van der Waals surface area contributed by atoms with Gasteiger partial charge in [0.25, 0.3) is 0 Å². The fourth-order valence-corrected chi connectivity index (χ4v) is 0.416. The summed E-state index contributed by atoms with van der Waals surface area (Å²) in [4.78, 5) is 5.65. The molecule has 1 heterocycles. The highest BCUT2D eigenvalue weighted by Crippen LogP contribution is 1.99. The van der Waals surface area contributed by atoms with Gasteiger partial charge in [-0.25, -0.2) is 4.98 Å². The molecule has 0 aliphatic carbocycles. The summed E-state index contributed by atoms with van der Waals surface area (Å²) in [6, 6.07) is 1.46. The third-order valence-corrected chi connectivity index (χ3v) is 0.833. The Kier molecular flexibility index (Phi) is 1.54. The fraction of sp³-hybridized carbons (Fsp3) is 0. The monoisotopic (exact) mass is 141 g/mol. The largest absolute Gasteiger partial charge is 0.311 e. The lowest BCUT2D eigenvalue weighted by Crippen LogP contribution is -1.95. The molecule has 0 saturated carbocycles. The van der Waals surface area contributed by atoms with Crippen LogP contribution in [0.3, 0.4) is 0 Å². The summed E-state index contributed by atoms with van der Waals surface area (Å²) in [5.41, 5.74) is -0.360. The van der Waals surface area contributed by atoms with Crippen molar-refractivity contribution in [2.24, 2.45) is 0 Å². The van der Waals surface area contributed by atoms with Crippen LogP contribution in [0.5, 0.6) is 0 Å². The summed E-state index contributed by atoms with van der Waals surface area (Å²) >= 11 is 0. The van der Waals surface area contributed by atoms with Crippen molar-refractivity contribution in [1.82, 2.24) is 9.97 Å². The van der Waals surface area contributed by atoms with E-state index in [0.717, 1.165) is 6.20 Å². The second-order valence-electron chi connectivity index (χ2n) is 1.46. The van der Waals surface area contributed by atoms with Crippen molar-refractivity contribution in [3.8, 4) is 6.07 Å². The number of nitrogens with zero attached hydrogens (tertiary/aromatic N) is 3. The molecule has 0 atom stereocenters. The first-order chi connectivity index (χ1) is 4.74. The van der Waals surface area contributed by atoms with Gasteiger partial charge in [-0.3, -0.25) is 0 Å². The Morgan fingerprint density at radius 2 is 2.20 bits per heavy atom. The molecule has 0 bridgehead atoms. The van der Waals surface area contributed by atoms with E-state index < -0.39 is 12.0 Å². The van der Waals surface area contributed by atoms with Crippen LogP contribution in [0.15, 0.2) is 6.20 Å². The van der Waals surface area contributed by atoms with E-state index in [0.29, 0.717) is 0 Å². The van der Waals surface area contributed by atoms with Gasteiger partial charge in [0.2, 0.25) is 5.95 Å². The maximum atomic E-state index is 12.2. The van der Waals surface area contributed by atoms with Crippen molar-refractivity contribution < 1.29 is 8.78 Å². The van der Waals surface area contributed by atoms with E-state index >= 15 is 0 Å². The number of rotatable bonds is 0. The summed E-state index contributed by atoms with van der Waals surface area (Å²) in [5, 5.41) is 8.12. The predicted octanol–water partition coefficient (Wildman–Crippen LogP) is 0.626. The summed E-state index contributed by atoms with van der Waals surface area (Å²) in [7, 11) is 0. The van der Waals surface area contributed by atoms with Crippen LogP contribution in [0.2, 0.25) is 0 Å². The first-order valence-electron chi connectivity index (χ1n) is 2.32. The minimum atomic E-state index is -1.17. The van der Waals surface area contributed by atoms with Gasteiger partial charge < -0.3 is 0 Å². The number of aromatic nitrogens is 2. The summed E-state index contributed by atoms with van der Waals surface area (Å²) in [6.45, 7) is 0. The Morgan fingerprint density at radius 3 is 2.70 bits per heavy atom. The van der Waals surface area contributed by atoms with Gasteiger partial charge in [0.15, 0.2) is 0 Å². The average molecular weight is 141 g/mol. The summed E-state index contributed by atoms with van der Waals surface area (Å²) in [6.07, 6.45) is -0.381. The Balaban J connectivity index is 3.23. The molecule has 0 aliphatic rings. The lowest BCUT2D eigenvalue weighted by atomic mass is 10.4. The van der Waals surface area contributed by atoms with Gasteiger partial charge in [0.1, 0.15) is 11.6 Å². The third-order valence-electron chi connectivity index (χ3n) is 0.833. The molecule has 0 spiro atoms. The average Bonchev–Trinajstić information content (AvgIpc) is 1.88. The third kappa shape index (κ3) is 1.05. The van der Waals surface area contributed by atoms with E-state index in [-0.39, 0.29) is 5.56 Å². The molecule has 0 fully saturated rings. The van der Waals surface area contributed by atoms with Gasteiger partial charge in [-0.2, -0.15) is 19.0 Å². The van der Waals surface area contributed by atoms with E-state index in [9.17, 15) is 8.78 Å². The lowest BCUT2D eigenvalue weighted by molar-refractivity contribution is 0.480. The Bertz CT molecular complexity index is 291. The minimum Gasteiger partial charge on any atom is -0.209 e. The van der Waals surface area contributed by atoms with E-state index in [1.54, 1.807) is 0 Å². The van der Waals surface area contributed by atoms with E-state index in [4.69, 9.17) is 5.26 Å². The smallest absolute Gasteiger partial charge is 0.209 e. The molecular weight excluding hydrogens is 140 g/mol. The highest BCUT2D eigenvalue weighted by molar-refractivity contribution is 5.22. The highest BCUT2D eigenvalue weighted by Gasteiger charge is 2.03. The highest BCUT2D eigenvalue weighted by atomic mass is 19.1. The molecule has 1 aromatic heterocycles. The molecule has 1 rings (SSSR count). The Morgan fingerprint density at radius 1 is 1.50 bits per heavy atom. The molecule has 5 heteroatoms. The van der Waals surface area contributed by atoms with Crippen LogP contribution in [0.1, 0.15) is 5.56 Å². The maximum Gasteiger partial charge on any atom is 0.311 e. The first-order valence-corrected chi connectivity index (χ1v) is 2.32. The normalized spacial score (nSPS) is 8.90. The SMILES string of the molecule is N#Cc1cnc(F)nc1F. The van der Waals surface area contributed by atoms with Crippen LogP contribution >= 0.6 is 0 Å². The second-order valence-corrected chi connectivity index (χ2v) is 1.46. The van der Waals surface area contributed by atoms with Crippen LogP contribution in [0.25, 0.3) is 0 Å². The molecule has 0 aliphatic heterocycles. The standard InChI is InChI=1S/C5HF2N3/c6-4-3(1-8)2-9-5(7)10-4/h2H. The molecule has 0 unspecified atom stereocenters. The topological polar surface area (TPSA) is 49.6 Å². The Labute approximate surface area is 55.0 Å². The van der Waals surface area contributed by atoms with E-state index in [2.05, 4.69) is 9.97 Å². The second kappa shape index (κ2) is 2.35. The van der Waals surface area contributed by atoms with E-state index in [1.165, 1.54) is 6.07 Å². The zero-order chi connectivity index (χ0) is 7.56. The van der Waals surface area contributed by atoms with Gasteiger partial charge in [-0.05, 0) is 0 Å². The van der Waals surface area contributed by atoms with Crippen LogP contribution in [-0.4, -0.2) is 9.97 Å². The van der Waals surface area contributed by atoms with Crippen molar-refractivity contribution in [3.63, 3.8) is 0 Å². The molecule has 10 heavy (non-hydrogen) atoms. The lowest BCUT2D eigenvalue weighted by Gasteiger charge is -1.88. The van der Waals surface area contributed by atoms with Crippen LogP contribution in [-0.2, 0) is 0 Å². The Hall–Kier alpha value is -1.57. The van der Waals surface area contributed by atoms with Crippen LogP contribution in [0, 0.1) is 23.4 Å². The van der Waals surface area contributed by atoms with Gasteiger partial charge in [-0.1, -0.05) is 0 Å². The molecule has 50 valence electrons. The molecule has 3 nitrogen and oxygen atoms in total. The van der Waals surface area contributed by atoms with Crippen LogP contribution in [0.4, 0.5) is 8.78 Å². The quantitative estimate of drug-likeness (QED) is 0.393. The van der Waals surface area contributed by atoms with Crippen molar-refractivity contribution >= 4 is 0 Å². The van der Waals surface area contributed by atoms with Gasteiger partial charge in [-0.15, -0.1) is 0 Å². The summed E-state index contributed by atoms with van der Waals surface area (Å²) in [5.74, 6) is -1.13. The van der Waals surface area contributed by atoms with Gasteiger partial charge >= 0.3 is 6.08 Å². The predicted molar refractivity (Wildman–Crippen MR) is 26.7 cm³/mol. The number of halogens is 2. The van der Waals surface area contributed by atoms with Gasteiger partial charge in [0, 0.05) is 0 Å². The van der Waals surface area contributed by atoms with Crippen LogP contribution < -0.4 is 0 Å². The molecule has 0 N–H and O–H groups in total. The van der Waals surface area contributed by atoms with Crippen molar-refractivity contribution in [2.75, 3.05) is 0 Å². The zero-order valence-electron chi connectivity index (χ0n) is 4.67. The number of hydrogen-bond donors (Lipinski definition) is 0. The summed E-state index contributed by atoms with van der Waals surface area (Å²) < 4.78 is 24.1. The minimum absolute atomic E-state index is 0.360. The fourth-order valence-electron chi connectivity index (χ4n) is 0.416. The first kappa shape index (κ1) is 6.55. The van der Waals surface area contributed by atoms with Crippen molar-refractivity contribution in [1.29, 1.82) is 5.26 Å². The van der Waals surface area contributed by atoms with E-state index in [1.807, 2.05) is 0 Å².